The molecule has 4 aromatic rings. The number of hydrogen-bond acceptors (Lipinski definition) is 6. The standard InChI is InChI=1S/C28H25ClF2N4O4/c1-15-9-23(39-14-21-20(31)10-17(30)12-32-21)25(29)27(37)35(15)22-11-24(33-13-18(22)16-6-7-16)34-8-4-5-19(26(34)36)28(2,3)38/h4-5,8-13,16,38H,6-7,14H2,1-3H3. The zero-order chi connectivity index (χ0) is 28.1. The highest BCUT2D eigenvalue weighted by molar-refractivity contribution is 6.31. The van der Waals surface area contributed by atoms with Crippen LogP contribution in [-0.4, -0.2) is 24.2 Å². The second-order valence-electron chi connectivity index (χ2n) is 10.0. The van der Waals surface area contributed by atoms with Gasteiger partial charge in [0.05, 0.1) is 17.5 Å². The molecule has 0 amide bonds. The molecule has 0 aliphatic heterocycles. The molecule has 1 saturated carbocycles. The lowest BCUT2D eigenvalue weighted by atomic mass is 10.0. The highest BCUT2D eigenvalue weighted by Crippen LogP contribution is 2.43. The normalized spacial score (nSPS) is 13.5. The fourth-order valence-corrected chi connectivity index (χ4v) is 4.59. The molecule has 11 heteroatoms. The molecule has 0 spiro atoms. The number of pyridine rings is 4. The van der Waals surface area contributed by atoms with Gasteiger partial charge in [0.25, 0.3) is 11.1 Å². The topological polar surface area (TPSA) is 99.2 Å². The van der Waals surface area contributed by atoms with Crippen LogP contribution in [0, 0.1) is 18.6 Å². The van der Waals surface area contributed by atoms with Crippen molar-refractivity contribution in [2.75, 3.05) is 0 Å². The van der Waals surface area contributed by atoms with Crippen molar-refractivity contribution < 1.29 is 18.6 Å². The van der Waals surface area contributed by atoms with Gasteiger partial charge in [-0.3, -0.25) is 23.7 Å². The minimum absolute atomic E-state index is 0.0253. The largest absolute Gasteiger partial charge is 0.485 e. The second kappa shape index (κ2) is 10.0. The number of aryl methyl sites for hydroxylation is 1. The Morgan fingerprint density at radius 3 is 2.54 bits per heavy atom. The summed E-state index contributed by atoms with van der Waals surface area (Å²) in [5.41, 5.74) is -0.481. The first-order valence-electron chi connectivity index (χ1n) is 12.3. The number of ether oxygens (including phenoxy) is 1. The van der Waals surface area contributed by atoms with Gasteiger partial charge in [-0.25, -0.2) is 13.8 Å². The van der Waals surface area contributed by atoms with Crippen molar-refractivity contribution in [2.24, 2.45) is 0 Å². The number of aromatic nitrogens is 4. The molecular formula is C28H25ClF2N4O4. The Balaban J connectivity index is 1.58. The van der Waals surface area contributed by atoms with Gasteiger partial charge in [-0.05, 0) is 57.2 Å². The Morgan fingerprint density at radius 2 is 1.87 bits per heavy atom. The zero-order valence-electron chi connectivity index (χ0n) is 21.4. The van der Waals surface area contributed by atoms with Gasteiger partial charge in [0, 0.05) is 41.9 Å². The van der Waals surface area contributed by atoms with E-state index in [2.05, 4.69) is 9.97 Å². The maximum Gasteiger partial charge on any atom is 0.277 e. The first-order valence-corrected chi connectivity index (χ1v) is 12.6. The number of rotatable bonds is 7. The lowest BCUT2D eigenvalue weighted by molar-refractivity contribution is 0.0767. The first-order chi connectivity index (χ1) is 18.5. The van der Waals surface area contributed by atoms with E-state index in [1.165, 1.54) is 23.0 Å². The minimum atomic E-state index is -1.36. The Kier molecular flexibility index (Phi) is 6.86. The van der Waals surface area contributed by atoms with Crippen molar-refractivity contribution in [2.45, 2.75) is 51.7 Å². The van der Waals surface area contributed by atoms with Crippen molar-refractivity contribution in [1.82, 2.24) is 19.1 Å². The van der Waals surface area contributed by atoms with Crippen molar-refractivity contribution in [3.8, 4) is 17.3 Å². The average Bonchev–Trinajstić information content (AvgIpc) is 3.71. The summed E-state index contributed by atoms with van der Waals surface area (Å²) in [6, 6.07) is 7.08. The molecule has 0 aromatic carbocycles. The van der Waals surface area contributed by atoms with Crippen LogP contribution in [-0.2, 0) is 12.2 Å². The highest BCUT2D eigenvalue weighted by Gasteiger charge is 2.29. The number of hydrogen-bond donors (Lipinski definition) is 1. The van der Waals surface area contributed by atoms with Crippen molar-refractivity contribution in [1.29, 1.82) is 0 Å². The van der Waals surface area contributed by atoms with E-state index in [-0.39, 0.29) is 40.4 Å². The van der Waals surface area contributed by atoms with Gasteiger partial charge in [0.1, 0.15) is 34.7 Å². The van der Waals surface area contributed by atoms with Crippen LogP contribution in [0.5, 0.6) is 5.75 Å². The number of nitrogens with zero attached hydrogens (tertiary/aromatic N) is 4. The maximum atomic E-state index is 14.0. The average molecular weight is 555 g/mol. The minimum Gasteiger partial charge on any atom is -0.485 e. The molecule has 4 aromatic heterocycles. The number of halogens is 3. The molecule has 0 bridgehead atoms. The lowest BCUT2D eigenvalue weighted by Gasteiger charge is -2.20. The zero-order valence-corrected chi connectivity index (χ0v) is 22.2. The van der Waals surface area contributed by atoms with Crippen LogP contribution in [0.3, 0.4) is 0 Å². The van der Waals surface area contributed by atoms with Crippen LogP contribution in [0.1, 0.15) is 55.1 Å². The van der Waals surface area contributed by atoms with E-state index in [0.717, 1.165) is 24.6 Å². The monoisotopic (exact) mass is 554 g/mol. The Bertz CT molecular complexity index is 1710. The van der Waals surface area contributed by atoms with Crippen molar-refractivity contribution in [3.05, 3.63) is 109 Å². The van der Waals surface area contributed by atoms with Gasteiger partial charge >= 0.3 is 0 Å². The Hall–Kier alpha value is -3.89. The third-order valence-corrected chi connectivity index (χ3v) is 6.90. The van der Waals surface area contributed by atoms with Crippen LogP contribution < -0.4 is 15.9 Å². The fourth-order valence-electron chi connectivity index (χ4n) is 4.40. The van der Waals surface area contributed by atoms with Gasteiger partial charge < -0.3 is 9.84 Å². The molecule has 0 atom stereocenters. The summed E-state index contributed by atoms with van der Waals surface area (Å²) < 4.78 is 35.5. The Labute approximate surface area is 227 Å². The maximum absolute atomic E-state index is 14.0. The summed E-state index contributed by atoms with van der Waals surface area (Å²) in [5, 5.41) is 10.2. The third-order valence-electron chi connectivity index (χ3n) is 6.56. The van der Waals surface area contributed by atoms with E-state index in [4.69, 9.17) is 16.3 Å². The molecule has 8 nitrogen and oxygen atoms in total. The fraction of sp³-hybridized carbons (Fsp3) is 0.286. The van der Waals surface area contributed by atoms with E-state index in [1.54, 1.807) is 43.6 Å². The molecular weight excluding hydrogens is 530 g/mol. The predicted octanol–water partition coefficient (Wildman–Crippen LogP) is 4.70. The van der Waals surface area contributed by atoms with Gasteiger partial charge in [-0.15, -0.1) is 0 Å². The van der Waals surface area contributed by atoms with E-state index in [0.29, 0.717) is 17.4 Å². The molecule has 202 valence electrons. The van der Waals surface area contributed by atoms with Crippen LogP contribution in [0.2, 0.25) is 5.02 Å². The van der Waals surface area contributed by atoms with Gasteiger partial charge in [0.2, 0.25) is 0 Å². The Morgan fingerprint density at radius 1 is 1.13 bits per heavy atom. The quantitative estimate of drug-likeness (QED) is 0.355. The van der Waals surface area contributed by atoms with Crippen LogP contribution in [0.25, 0.3) is 11.5 Å². The molecule has 0 saturated heterocycles. The van der Waals surface area contributed by atoms with Crippen molar-refractivity contribution in [3.63, 3.8) is 0 Å². The van der Waals surface area contributed by atoms with Gasteiger partial charge in [0.15, 0.2) is 5.82 Å². The lowest BCUT2D eigenvalue weighted by Crippen LogP contribution is -2.31. The van der Waals surface area contributed by atoms with E-state index >= 15 is 0 Å². The smallest absolute Gasteiger partial charge is 0.277 e. The molecule has 39 heavy (non-hydrogen) atoms. The second-order valence-corrected chi connectivity index (χ2v) is 10.4. The van der Waals surface area contributed by atoms with Crippen LogP contribution in [0.4, 0.5) is 8.78 Å². The predicted molar refractivity (Wildman–Crippen MR) is 141 cm³/mol. The van der Waals surface area contributed by atoms with E-state index in [1.807, 2.05) is 0 Å². The molecule has 0 unspecified atom stereocenters. The van der Waals surface area contributed by atoms with Crippen LogP contribution in [0.15, 0.2) is 58.5 Å². The molecule has 1 aliphatic rings. The summed E-state index contributed by atoms with van der Waals surface area (Å²) in [7, 11) is 0. The third kappa shape index (κ3) is 5.22. The van der Waals surface area contributed by atoms with Crippen LogP contribution >= 0.6 is 11.6 Å². The molecule has 1 aliphatic carbocycles. The summed E-state index contributed by atoms with van der Waals surface area (Å²) in [6.07, 6.45) is 5.93. The highest BCUT2D eigenvalue weighted by atomic mass is 35.5. The summed E-state index contributed by atoms with van der Waals surface area (Å²) in [5.74, 6) is -1.19. The first kappa shape index (κ1) is 26.7. The summed E-state index contributed by atoms with van der Waals surface area (Å²) >= 11 is 6.42. The van der Waals surface area contributed by atoms with E-state index in [9.17, 15) is 23.5 Å². The SMILES string of the molecule is Cc1cc(OCc2ncc(F)cc2F)c(Cl)c(=O)n1-c1cc(-n2cccc(C(C)(C)O)c2=O)ncc1C1CC1. The molecule has 4 heterocycles. The molecule has 5 rings (SSSR count). The summed E-state index contributed by atoms with van der Waals surface area (Å²) in [6.45, 7) is 4.39. The van der Waals surface area contributed by atoms with Gasteiger partial charge in [-0.1, -0.05) is 11.6 Å². The van der Waals surface area contributed by atoms with Crippen molar-refractivity contribution >= 4 is 11.6 Å². The molecule has 0 radical (unpaired) electrons. The van der Waals surface area contributed by atoms with Gasteiger partial charge in [-0.2, -0.15) is 0 Å². The summed E-state index contributed by atoms with van der Waals surface area (Å²) in [4.78, 5) is 34.9. The molecule has 1 N–H and O–H groups in total. The van der Waals surface area contributed by atoms with E-state index < -0.39 is 28.4 Å². The number of aliphatic hydroxyl groups is 1. The molecule has 1 fully saturated rings.